The Bertz CT molecular complexity index is 772. The zero-order valence-corrected chi connectivity index (χ0v) is 12.5. The highest BCUT2D eigenvalue weighted by Gasteiger charge is 2.09. The van der Waals surface area contributed by atoms with Crippen molar-refractivity contribution >= 4 is 22.7 Å². The Kier molecular flexibility index (Phi) is 4.42. The number of nitrogens with one attached hydrogen (secondary N) is 3. The lowest BCUT2D eigenvalue weighted by Crippen LogP contribution is -2.30. The predicted molar refractivity (Wildman–Crippen MR) is 85.8 cm³/mol. The lowest BCUT2D eigenvalue weighted by atomic mass is 10.2. The molecule has 2 aromatic heterocycles. The van der Waals surface area contributed by atoms with Crippen LogP contribution in [0.4, 0.5) is 0 Å². The fraction of sp³-hybridized carbons (Fsp3) is 0.176. The third kappa shape index (κ3) is 3.79. The van der Waals surface area contributed by atoms with E-state index in [2.05, 4.69) is 15.6 Å². The molecule has 3 aromatic rings. The first-order valence-corrected chi connectivity index (χ1v) is 7.37. The lowest BCUT2D eigenvalue weighted by molar-refractivity contribution is -0.121. The van der Waals surface area contributed by atoms with Gasteiger partial charge in [0.25, 0.3) is 5.91 Å². The van der Waals surface area contributed by atoms with Crippen molar-refractivity contribution in [2.45, 2.75) is 13.0 Å². The van der Waals surface area contributed by atoms with Crippen molar-refractivity contribution in [3.8, 4) is 0 Å². The van der Waals surface area contributed by atoms with Crippen LogP contribution in [0, 0.1) is 0 Å². The maximum atomic E-state index is 12.1. The van der Waals surface area contributed by atoms with E-state index >= 15 is 0 Å². The molecule has 0 atom stereocenters. The van der Waals surface area contributed by atoms with Crippen molar-refractivity contribution in [2.24, 2.45) is 0 Å². The molecule has 6 heteroatoms. The molecule has 23 heavy (non-hydrogen) atoms. The number of H-pyrrole nitrogens is 1. The van der Waals surface area contributed by atoms with Gasteiger partial charge in [-0.05, 0) is 24.3 Å². The van der Waals surface area contributed by atoms with E-state index in [0.29, 0.717) is 18.0 Å². The van der Waals surface area contributed by atoms with Gasteiger partial charge in [-0.2, -0.15) is 0 Å². The molecule has 3 rings (SSSR count). The van der Waals surface area contributed by atoms with E-state index in [-0.39, 0.29) is 24.8 Å². The van der Waals surface area contributed by atoms with Crippen molar-refractivity contribution < 1.29 is 14.0 Å². The molecular weight excluding hydrogens is 294 g/mol. The van der Waals surface area contributed by atoms with Crippen LogP contribution < -0.4 is 10.6 Å². The second-order valence-electron chi connectivity index (χ2n) is 5.13. The van der Waals surface area contributed by atoms with Crippen molar-refractivity contribution in [3.05, 3.63) is 60.2 Å². The molecule has 1 aromatic carbocycles. The maximum Gasteiger partial charge on any atom is 0.267 e. The summed E-state index contributed by atoms with van der Waals surface area (Å²) < 4.78 is 5.12. The number of fused-ring (bicyclic) bond motifs is 1. The first-order valence-electron chi connectivity index (χ1n) is 7.37. The van der Waals surface area contributed by atoms with Crippen LogP contribution in [0.25, 0.3) is 10.9 Å². The molecule has 0 aliphatic rings. The number of carbonyl (C=O) groups is 2. The third-order valence-electron chi connectivity index (χ3n) is 3.45. The summed E-state index contributed by atoms with van der Waals surface area (Å²) in [6, 6.07) is 13.0. The van der Waals surface area contributed by atoms with Crippen LogP contribution in [0.3, 0.4) is 0 Å². The molecule has 0 unspecified atom stereocenters. The number of hydrogen-bond acceptors (Lipinski definition) is 3. The SMILES string of the molecule is O=C(CCNC(=O)c1cc2ccccc2[nH]1)NCc1ccco1. The van der Waals surface area contributed by atoms with Crippen LogP contribution in [-0.2, 0) is 11.3 Å². The highest BCUT2D eigenvalue weighted by atomic mass is 16.3. The topological polar surface area (TPSA) is 87.1 Å². The zero-order chi connectivity index (χ0) is 16.1. The summed E-state index contributed by atoms with van der Waals surface area (Å²) >= 11 is 0. The normalized spacial score (nSPS) is 10.6. The van der Waals surface area contributed by atoms with E-state index in [9.17, 15) is 9.59 Å². The molecule has 2 heterocycles. The number of aromatic nitrogens is 1. The number of amides is 2. The molecular formula is C17H17N3O3. The van der Waals surface area contributed by atoms with Gasteiger partial charge in [-0.3, -0.25) is 9.59 Å². The smallest absolute Gasteiger partial charge is 0.267 e. The van der Waals surface area contributed by atoms with Gasteiger partial charge in [0.2, 0.25) is 5.91 Å². The number of hydrogen-bond donors (Lipinski definition) is 3. The highest BCUT2D eigenvalue weighted by Crippen LogP contribution is 2.14. The minimum Gasteiger partial charge on any atom is -0.467 e. The molecule has 0 spiro atoms. The summed E-state index contributed by atoms with van der Waals surface area (Å²) in [4.78, 5) is 26.8. The van der Waals surface area contributed by atoms with Gasteiger partial charge in [-0.1, -0.05) is 18.2 Å². The standard InChI is InChI=1S/C17H17N3O3/c21-16(19-11-13-5-3-9-23-13)7-8-18-17(22)15-10-12-4-1-2-6-14(12)20-15/h1-6,9-10,20H,7-8,11H2,(H,18,22)(H,19,21). The number of carbonyl (C=O) groups excluding carboxylic acids is 2. The van der Waals surface area contributed by atoms with Crippen LogP contribution in [0.2, 0.25) is 0 Å². The van der Waals surface area contributed by atoms with Crippen LogP contribution in [-0.4, -0.2) is 23.3 Å². The summed E-state index contributed by atoms with van der Waals surface area (Å²) in [7, 11) is 0. The Morgan fingerprint density at radius 1 is 1.09 bits per heavy atom. The second kappa shape index (κ2) is 6.83. The Labute approximate surface area is 132 Å². The van der Waals surface area contributed by atoms with Gasteiger partial charge in [-0.25, -0.2) is 0 Å². The van der Waals surface area contributed by atoms with E-state index in [1.54, 1.807) is 24.5 Å². The van der Waals surface area contributed by atoms with Gasteiger partial charge in [0, 0.05) is 23.9 Å². The average molecular weight is 311 g/mol. The maximum absolute atomic E-state index is 12.1. The van der Waals surface area contributed by atoms with Crippen molar-refractivity contribution in [3.63, 3.8) is 0 Å². The fourth-order valence-corrected chi connectivity index (χ4v) is 2.27. The molecule has 0 saturated carbocycles. The molecule has 0 fully saturated rings. The highest BCUT2D eigenvalue weighted by molar-refractivity contribution is 5.98. The monoisotopic (exact) mass is 311 g/mol. The molecule has 2 amide bonds. The van der Waals surface area contributed by atoms with Crippen molar-refractivity contribution in [1.29, 1.82) is 0 Å². The van der Waals surface area contributed by atoms with Crippen LogP contribution >= 0.6 is 0 Å². The first-order chi connectivity index (χ1) is 11.2. The van der Waals surface area contributed by atoms with Gasteiger partial charge in [0.15, 0.2) is 0 Å². The summed E-state index contributed by atoms with van der Waals surface area (Å²) in [6.45, 7) is 0.625. The van der Waals surface area contributed by atoms with Gasteiger partial charge in [-0.15, -0.1) is 0 Å². The second-order valence-corrected chi connectivity index (χ2v) is 5.13. The van der Waals surface area contributed by atoms with E-state index in [1.807, 2.05) is 24.3 Å². The summed E-state index contributed by atoms with van der Waals surface area (Å²) in [6.07, 6.45) is 1.77. The quantitative estimate of drug-likeness (QED) is 0.652. The van der Waals surface area contributed by atoms with Crippen molar-refractivity contribution in [1.82, 2.24) is 15.6 Å². The van der Waals surface area contributed by atoms with E-state index in [4.69, 9.17) is 4.42 Å². The first kappa shape index (κ1) is 14.9. The van der Waals surface area contributed by atoms with Crippen LogP contribution in [0.5, 0.6) is 0 Å². The van der Waals surface area contributed by atoms with E-state index in [0.717, 1.165) is 10.9 Å². The molecule has 0 radical (unpaired) electrons. The molecule has 0 bridgehead atoms. The largest absolute Gasteiger partial charge is 0.467 e. The Morgan fingerprint density at radius 3 is 2.74 bits per heavy atom. The van der Waals surface area contributed by atoms with Gasteiger partial charge in [0.05, 0.1) is 12.8 Å². The molecule has 6 nitrogen and oxygen atoms in total. The number of aromatic amines is 1. The molecule has 0 aliphatic carbocycles. The van der Waals surface area contributed by atoms with E-state index in [1.165, 1.54) is 0 Å². The number of para-hydroxylation sites is 1. The Hall–Kier alpha value is -3.02. The van der Waals surface area contributed by atoms with Gasteiger partial charge >= 0.3 is 0 Å². The average Bonchev–Trinajstić information content (AvgIpc) is 3.22. The number of furan rings is 1. The predicted octanol–water partition coefficient (Wildman–Crippen LogP) is 2.20. The molecule has 0 saturated heterocycles. The molecule has 118 valence electrons. The Balaban J connectivity index is 1.44. The summed E-state index contributed by atoms with van der Waals surface area (Å²) in [5.74, 6) is 0.332. The third-order valence-corrected chi connectivity index (χ3v) is 3.45. The Morgan fingerprint density at radius 2 is 1.96 bits per heavy atom. The van der Waals surface area contributed by atoms with Crippen molar-refractivity contribution in [2.75, 3.05) is 6.54 Å². The molecule has 3 N–H and O–H groups in total. The minimum atomic E-state index is -0.222. The summed E-state index contributed by atoms with van der Waals surface area (Å²) in [5, 5.41) is 6.44. The molecule has 0 aliphatic heterocycles. The minimum absolute atomic E-state index is 0.140. The van der Waals surface area contributed by atoms with Crippen LogP contribution in [0.15, 0.2) is 53.1 Å². The zero-order valence-electron chi connectivity index (χ0n) is 12.5. The van der Waals surface area contributed by atoms with E-state index < -0.39 is 0 Å². The lowest BCUT2D eigenvalue weighted by Gasteiger charge is -2.05. The number of benzene rings is 1. The number of rotatable bonds is 6. The summed E-state index contributed by atoms with van der Waals surface area (Å²) in [5.41, 5.74) is 1.40. The van der Waals surface area contributed by atoms with Crippen LogP contribution in [0.1, 0.15) is 22.7 Å². The fourth-order valence-electron chi connectivity index (χ4n) is 2.27. The van der Waals surface area contributed by atoms with Gasteiger partial charge < -0.3 is 20.0 Å². The van der Waals surface area contributed by atoms with Gasteiger partial charge in [0.1, 0.15) is 11.5 Å².